The second-order valence-electron chi connectivity index (χ2n) is 18.8. The monoisotopic (exact) mass is 863 g/mol. The van der Waals surface area contributed by atoms with E-state index < -0.39 is 18.1 Å². The van der Waals surface area contributed by atoms with Gasteiger partial charge in [0.1, 0.15) is 6.61 Å². The highest BCUT2D eigenvalue weighted by molar-refractivity contribution is 5.72. The van der Waals surface area contributed by atoms with Gasteiger partial charge in [-0.2, -0.15) is 0 Å². The van der Waals surface area contributed by atoms with E-state index in [-0.39, 0.29) is 36.2 Å². The van der Waals surface area contributed by atoms with Crippen LogP contribution in [0, 0.1) is 0 Å². The molecule has 0 saturated heterocycles. The normalized spacial score (nSPS) is 13.0. The van der Waals surface area contributed by atoms with Crippen LogP contribution in [0.5, 0.6) is 0 Å². The number of unbranched alkanes of at least 4 members (excludes halogenated alkanes) is 30. The highest BCUT2D eigenvalue weighted by Crippen LogP contribution is 2.17. The summed E-state index contributed by atoms with van der Waals surface area (Å²) in [6.07, 6.45) is 50.8. The van der Waals surface area contributed by atoms with E-state index in [9.17, 15) is 19.5 Å². The van der Waals surface area contributed by atoms with Gasteiger partial charge < -0.3 is 23.8 Å². The number of quaternary nitrogens is 1. The highest BCUT2D eigenvalue weighted by atomic mass is 16.6. The maximum absolute atomic E-state index is 12.8. The molecular weight excluding hydrogens is 763 g/mol. The number of rotatable bonds is 47. The molecule has 0 saturated carbocycles. The fourth-order valence-corrected chi connectivity index (χ4v) is 7.85. The van der Waals surface area contributed by atoms with Crippen LogP contribution in [0.4, 0.5) is 0 Å². The molecule has 0 aliphatic rings. The van der Waals surface area contributed by atoms with Gasteiger partial charge in [0.25, 0.3) is 0 Å². The minimum absolute atomic E-state index is 0.0525. The van der Waals surface area contributed by atoms with Crippen molar-refractivity contribution in [1.82, 2.24) is 0 Å². The predicted octanol–water partition coefficient (Wildman–Crippen LogP) is 14.8. The Balaban J connectivity index is 4.19. The molecule has 0 fully saturated rings. The minimum atomic E-state index is -0.873. The Morgan fingerprint density at radius 1 is 0.492 bits per heavy atom. The molecule has 0 aliphatic heterocycles. The third kappa shape index (κ3) is 42.9. The van der Waals surface area contributed by atoms with E-state index in [4.69, 9.17) is 14.2 Å². The average Bonchev–Trinajstić information content (AvgIpc) is 3.22. The molecule has 0 rings (SSSR count). The lowest BCUT2D eigenvalue weighted by molar-refractivity contribution is -0.887. The third-order valence-corrected chi connectivity index (χ3v) is 11.9. The molecular formula is C53H100NO7+. The van der Waals surface area contributed by atoms with Crippen molar-refractivity contribution in [1.29, 1.82) is 0 Å². The maximum atomic E-state index is 12.8. The van der Waals surface area contributed by atoms with Gasteiger partial charge >= 0.3 is 17.9 Å². The summed E-state index contributed by atoms with van der Waals surface area (Å²) in [5, 5.41) is 9.65. The number of hydrogen-bond acceptors (Lipinski definition) is 6. The van der Waals surface area contributed by atoms with Crippen molar-refractivity contribution in [2.24, 2.45) is 0 Å². The molecule has 0 aliphatic carbocycles. The van der Waals surface area contributed by atoms with Gasteiger partial charge in [-0.25, -0.2) is 4.79 Å². The van der Waals surface area contributed by atoms with Crippen molar-refractivity contribution in [3.05, 3.63) is 24.3 Å². The zero-order chi connectivity index (χ0) is 44.9. The zero-order valence-electron chi connectivity index (χ0n) is 40.9. The number of carboxylic acids is 1. The number of ether oxygens (including phenoxy) is 3. The second kappa shape index (κ2) is 44.4. The standard InChI is InChI=1S/C53H99NO7/c1-6-8-10-12-14-16-18-20-22-23-24-25-26-27-28-30-32-34-36-38-40-42-44-52(56)61-49(47-59-46-45-50(53(57)58)54(3,4)5)48-60-51(55)43-41-39-37-35-33-31-29-21-19-17-15-13-11-9-7-2/h15,17,19,21,49-50H,6-14,16,18,20,22-48H2,1-5H3/p+1/b17-15+,21-19+. The predicted molar refractivity (Wildman–Crippen MR) is 257 cm³/mol. The van der Waals surface area contributed by atoms with Crippen molar-refractivity contribution in [2.45, 2.75) is 257 Å². The number of carbonyl (C=O) groups excluding carboxylic acids is 2. The molecule has 1 N–H and O–H groups in total. The Morgan fingerprint density at radius 2 is 0.852 bits per heavy atom. The molecule has 2 atom stereocenters. The average molecular weight is 863 g/mol. The SMILES string of the molecule is CCCCC/C=C/C=C/CCCCCCCCC(=O)OCC(COCCC(C(=O)O)[N+](C)(C)C)OC(=O)CCCCCCCCCCCCCCCCCCCCCCCC. The molecule has 0 spiro atoms. The number of carboxylic acid groups (broad SMARTS) is 1. The summed E-state index contributed by atoms with van der Waals surface area (Å²) in [6.45, 7) is 4.74. The first-order chi connectivity index (χ1) is 29.6. The number of esters is 2. The summed E-state index contributed by atoms with van der Waals surface area (Å²) in [7, 11) is 5.54. The molecule has 61 heavy (non-hydrogen) atoms. The number of aliphatic carboxylic acids is 1. The quantitative estimate of drug-likeness (QED) is 0.0281. The van der Waals surface area contributed by atoms with Crippen LogP contribution in [0.1, 0.15) is 245 Å². The Labute approximate surface area is 377 Å². The molecule has 0 amide bonds. The summed E-state index contributed by atoms with van der Waals surface area (Å²) in [4.78, 5) is 37.1. The molecule has 8 nitrogen and oxygen atoms in total. The van der Waals surface area contributed by atoms with Crippen LogP contribution in [-0.4, -0.2) is 80.6 Å². The van der Waals surface area contributed by atoms with Gasteiger partial charge in [-0.15, -0.1) is 0 Å². The van der Waals surface area contributed by atoms with Crippen LogP contribution in [0.3, 0.4) is 0 Å². The molecule has 0 aromatic rings. The first-order valence-electron chi connectivity index (χ1n) is 25.9. The Bertz CT molecular complexity index is 1050. The highest BCUT2D eigenvalue weighted by Gasteiger charge is 2.31. The molecule has 0 bridgehead atoms. The summed E-state index contributed by atoms with van der Waals surface area (Å²) in [5.41, 5.74) is 0. The van der Waals surface area contributed by atoms with Crippen molar-refractivity contribution < 1.29 is 38.2 Å². The van der Waals surface area contributed by atoms with E-state index in [0.29, 0.717) is 19.3 Å². The van der Waals surface area contributed by atoms with Gasteiger partial charge in [-0.3, -0.25) is 9.59 Å². The fourth-order valence-electron chi connectivity index (χ4n) is 7.85. The van der Waals surface area contributed by atoms with Crippen molar-refractivity contribution in [3.8, 4) is 0 Å². The fraction of sp³-hybridized carbons (Fsp3) is 0.868. The van der Waals surface area contributed by atoms with Crippen LogP contribution >= 0.6 is 0 Å². The van der Waals surface area contributed by atoms with Gasteiger partial charge in [0, 0.05) is 19.3 Å². The number of carbonyl (C=O) groups is 3. The van der Waals surface area contributed by atoms with Gasteiger partial charge in [0.15, 0.2) is 12.1 Å². The Hall–Kier alpha value is -2.19. The van der Waals surface area contributed by atoms with E-state index in [1.54, 1.807) is 0 Å². The summed E-state index contributed by atoms with van der Waals surface area (Å²) < 4.78 is 17.4. The molecule has 0 heterocycles. The van der Waals surface area contributed by atoms with Crippen molar-refractivity contribution >= 4 is 17.9 Å². The number of allylic oxidation sites excluding steroid dienone is 4. The lowest BCUT2D eigenvalue weighted by Crippen LogP contribution is -2.50. The number of hydrogen-bond donors (Lipinski definition) is 1. The van der Waals surface area contributed by atoms with E-state index in [0.717, 1.165) is 44.9 Å². The van der Waals surface area contributed by atoms with Crippen LogP contribution in [0.2, 0.25) is 0 Å². The van der Waals surface area contributed by atoms with Crippen molar-refractivity contribution in [3.63, 3.8) is 0 Å². The summed E-state index contributed by atoms with van der Waals surface area (Å²) in [6, 6.07) is -0.614. The summed E-state index contributed by atoms with van der Waals surface area (Å²) >= 11 is 0. The minimum Gasteiger partial charge on any atom is -0.477 e. The van der Waals surface area contributed by atoms with Gasteiger partial charge in [-0.1, -0.05) is 212 Å². The van der Waals surface area contributed by atoms with Gasteiger partial charge in [-0.05, 0) is 38.5 Å². The molecule has 2 unspecified atom stereocenters. The maximum Gasteiger partial charge on any atom is 0.362 e. The third-order valence-electron chi connectivity index (χ3n) is 11.9. The van der Waals surface area contributed by atoms with Crippen LogP contribution < -0.4 is 0 Å². The topological polar surface area (TPSA) is 99.1 Å². The first kappa shape index (κ1) is 58.8. The van der Waals surface area contributed by atoms with Crippen LogP contribution in [0.15, 0.2) is 24.3 Å². The first-order valence-corrected chi connectivity index (χ1v) is 25.9. The Morgan fingerprint density at radius 3 is 1.26 bits per heavy atom. The zero-order valence-corrected chi connectivity index (χ0v) is 40.9. The Kier molecular flexibility index (Phi) is 42.8. The van der Waals surface area contributed by atoms with Crippen LogP contribution in [0.25, 0.3) is 0 Å². The van der Waals surface area contributed by atoms with Crippen LogP contribution in [-0.2, 0) is 28.6 Å². The largest absolute Gasteiger partial charge is 0.477 e. The summed E-state index contributed by atoms with van der Waals surface area (Å²) in [5.74, 6) is -1.46. The lowest BCUT2D eigenvalue weighted by atomic mass is 10.0. The number of likely N-dealkylation sites (N-methyl/N-ethyl adjacent to an activating group) is 1. The van der Waals surface area contributed by atoms with Gasteiger partial charge in [0.05, 0.1) is 34.4 Å². The van der Waals surface area contributed by atoms with Crippen molar-refractivity contribution in [2.75, 3.05) is 41.0 Å². The molecule has 358 valence electrons. The van der Waals surface area contributed by atoms with E-state index in [2.05, 4.69) is 38.2 Å². The lowest BCUT2D eigenvalue weighted by Gasteiger charge is -2.31. The molecule has 0 aromatic heterocycles. The molecule has 0 aromatic carbocycles. The van der Waals surface area contributed by atoms with E-state index >= 15 is 0 Å². The number of nitrogens with zero attached hydrogens (tertiary/aromatic N) is 1. The van der Waals surface area contributed by atoms with Gasteiger partial charge in [0.2, 0.25) is 0 Å². The second-order valence-corrected chi connectivity index (χ2v) is 18.8. The smallest absolute Gasteiger partial charge is 0.362 e. The molecule has 8 heteroatoms. The molecule has 0 radical (unpaired) electrons. The van der Waals surface area contributed by atoms with E-state index in [1.807, 2.05) is 21.1 Å². The van der Waals surface area contributed by atoms with E-state index in [1.165, 1.54) is 167 Å².